The van der Waals surface area contributed by atoms with Gasteiger partial charge in [-0.05, 0) is 28.8 Å². The van der Waals surface area contributed by atoms with Crippen molar-refractivity contribution in [2.24, 2.45) is 5.92 Å². The second-order valence-corrected chi connectivity index (χ2v) is 5.94. The molecule has 6 heteroatoms. The molecule has 0 aliphatic heterocycles. The van der Waals surface area contributed by atoms with Crippen LogP contribution in [0.25, 0.3) is 0 Å². The lowest BCUT2D eigenvalue weighted by Gasteiger charge is -2.27. The topological polar surface area (TPSA) is 79.5 Å². The lowest BCUT2D eigenvalue weighted by Crippen LogP contribution is -2.43. The summed E-state index contributed by atoms with van der Waals surface area (Å²) >= 11 is 3.14. The number of carbonyl (C=O) groups is 2. The summed E-state index contributed by atoms with van der Waals surface area (Å²) in [7, 11) is 0. The van der Waals surface area contributed by atoms with Gasteiger partial charge in [0, 0.05) is 12.1 Å². The van der Waals surface area contributed by atoms with Crippen molar-refractivity contribution in [2.45, 2.75) is 44.6 Å². The Morgan fingerprint density at radius 2 is 1.95 bits per heavy atom. The minimum atomic E-state index is -0.828. The Balaban J connectivity index is 2.06. The van der Waals surface area contributed by atoms with Crippen LogP contribution in [0.3, 0.4) is 0 Å². The van der Waals surface area contributed by atoms with Crippen LogP contribution in [-0.4, -0.2) is 23.0 Å². The Bertz CT molecular complexity index is 485. The van der Waals surface area contributed by atoms with Crippen molar-refractivity contribution < 1.29 is 19.1 Å². The Kier molecular flexibility index (Phi) is 5.23. The van der Waals surface area contributed by atoms with Crippen LogP contribution in [0.15, 0.2) is 21.4 Å². The predicted octanol–water partition coefficient (Wildman–Crippen LogP) is 3.20. The molecule has 0 radical (unpaired) electrons. The molecule has 2 N–H and O–H groups in total. The highest BCUT2D eigenvalue weighted by Gasteiger charge is 2.30. The lowest BCUT2D eigenvalue weighted by atomic mass is 9.86. The average molecular weight is 344 g/mol. The molecule has 20 heavy (non-hydrogen) atoms. The summed E-state index contributed by atoms with van der Waals surface area (Å²) in [5.74, 6) is -1.61. The zero-order valence-corrected chi connectivity index (χ0v) is 12.7. The van der Waals surface area contributed by atoms with Gasteiger partial charge in [0.2, 0.25) is 0 Å². The molecule has 1 heterocycles. The molecule has 0 bridgehead atoms. The van der Waals surface area contributed by atoms with Gasteiger partial charge in [0.1, 0.15) is 6.26 Å². The first kappa shape index (κ1) is 15.1. The molecule has 1 aromatic rings. The first-order valence-corrected chi connectivity index (χ1v) is 7.65. The van der Waals surface area contributed by atoms with Gasteiger partial charge in [0.15, 0.2) is 4.67 Å². The fourth-order valence-electron chi connectivity index (χ4n) is 2.63. The predicted molar refractivity (Wildman–Crippen MR) is 76.5 cm³/mol. The third kappa shape index (κ3) is 3.85. The van der Waals surface area contributed by atoms with E-state index in [2.05, 4.69) is 21.2 Å². The Morgan fingerprint density at radius 1 is 1.25 bits per heavy atom. The maximum absolute atomic E-state index is 12.1. The number of halogens is 1. The van der Waals surface area contributed by atoms with Gasteiger partial charge in [-0.1, -0.05) is 25.7 Å². The minimum absolute atomic E-state index is 0.281. The van der Waals surface area contributed by atoms with Crippen molar-refractivity contribution in [1.29, 1.82) is 0 Å². The zero-order chi connectivity index (χ0) is 14.5. The largest absolute Gasteiger partial charge is 0.481 e. The minimum Gasteiger partial charge on any atom is -0.481 e. The summed E-state index contributed by atoms with van der Waals surface area (Å²) in [5, 5.41) is 12.2. The van der Waals surface area contributed by atoms with E-state index in [0.717, 1.165) is 25.7 Å². The van der Waals surface area contributed by atoms with E-state index < -0.39 is 11.9 Å². The molecule has 2 atom stereocenters. The molecule has 5 nitrogen and oxygen atoms in total. The molecule has 1 fully saturated rings. The highest BCUT2D eigenvalue weighted by molar-refractivity contribution is 9.10. The van der Waals surface area contributed by atoms with E-state index in [0.29, 0.717) is 23.1 Å². The SMILES string of the molecule is O=C(NC1CCCCCCC1C(=O)O)c1coc(Br)c1. The molecule has 1 saturated carbocycles. The fraction of sp³-hybridized carbons (Fsp3) is 0.571. The van der Waals surface area contributed by atoms with Crippen molar-refractivity contribution in [1.82, 2.24) is 5.32 Å². The zero-order valence-electron chi connectivity index (χ0n) is 11.1. The third-order valence-electron chi connectivity index (χ3n) is 3.73. The van der Waals surface area contributed by atoms with E-state index in [1.807, 2.05) is 0 Å². The van der Waals surface area contributed by atoms with Crippen molar-refractivity contribution in [3.8, 4) is 0 Å². The lowest BCUT2D eigenvalue weighted by molar-refractivity contribution is -0.143. The molecule has 1 aliphatic rings. The number of carbonyl (C=O) groups excluding carboxylic acids is 1. The van der Waals surface area contributed by atoms with E-state index >= 15 is 0 Å². The van der Waals surface area contributed by atoms with Crippen LogP contribution in [-0.2, 0) is 4.79 Å². The van der Waals surface area contributed by atoms with Crippen LogP contribution in [0.4, 0.5) is 0 Å². The highest BCUT2D eigenvalue weighted by atomic mass is 79.9. The van der Waals surface area contributed by atoms with Crippen LogP contribution in [0.5, 0.6) is 0 Å². The molecule has 110 valence electrons. The number of carboxylic acid groups (broad SMARTS) is 1. The van der Waals surface area contributed by atoms with Gasteiger partial charge in [0.05, 0.1) is 11.5 Å². The summed E-state index contributed by atoms with van der Waals surface area (Å²) in [4.78, 5) is 23.5. The van der Waals surface area contributed by atoms with E-state index in [9.17, 15) is 14.7 Å². The van der Waals surface area contributed by atoms with E-state index in [1.165, 1.54) is 6.26 Å². The van der Waals surface area contributed by atoms with Gasteiger partial charge >= 0.3 is 5.97 Å². The second-order valence-electron chi connectivity index (χ2n) is 5.16. The van der Waals surface area contributed by atoms with E-state index in [1.54, 1.807) is 6.07 Å². The quantitative estimate of drug-likeness (QED) is 0.883. The number of aliphatic carboxylic acids is 1. The van der Waals surface area contributed by atoms with Crippen LogP contribution in [0.1, 0.15) is 48.9 Å². The summed E-state index contributed by atoms with van der Waals surface area (Å²) in [5.41, 5.74) is 0.406. The summed E-state index contributed by atoms with van der Waals surface area (Å²) < 4.78 is 5.51. The number of furan rings is 1. The average Bonchev–Trinajstić information content (AvgIpc) is 2.79. The molecular weight excluding hydrogens is 326 g/mol. The van der Waals surface area contributed by atoms with Gasteiger partial charge in [-0.2, -0.15) is 0 Å². The fourth-order valence-corrected chi connectivity index (χ4v) is 2.97. The molecule has 2 rings (SSSR count). The molecule has 1 aliphatic carbocycles. The maximum Gasteiger partial charge on any atom is 0.308 e. The molecule has 2 unspecified atom stereocenters. The molecule has 1 aromatic heterocycles. The van der Waals surface area contributed by atoms with Crippen molar-refractivity contribution in [2.75, 3.05) is 0 Å². The monoisotopic (exact) mass is 343 g/mol. The number of amides is 1. The highest BCUT2D eigenvalue weighted by Crippen LogP contribution is 2.24. The van der Waals surface area contributed by atoms with Crippen molar-refractivity contribution >= 4 is 27.8 Å². The van der Waals surface area contributed by atoms with Crippen molar-refractivity contribution in [3.63, 3.8) is 0 Å². The number of nitrogens with one attached hydrogen (secondary N) is 1. The Hall–Kier alpha value is -1.30. The molecular formula is C14H18BrNO4. The maximum atomic E-state index is 12.1. The standard InChI is InChI=1S/C14H18BrNO4/c15-12-7-9(8-20-12)13(17)16-11-6-4-2-1-3-5-10(11)14(18)19/h7-8,10-11H,1-6H2,(H,16,17)(H,18,19). The third-order valence-corrected chi connectivity index (χ3v) is 4.15. The molecule has 1 amide bonds. The van der Waals surface area contributed by atoms with Gasteiger partial charge in [-0.3, -0.25) is 9.59 Å². The van der Waals surface area contributed by atoms with Gasteiger partial charge < -0.3 is 14.8 Å². The van der Waals surface area contributed by atoms with Gasteiger partial charge in [-0.25, -0.2) is 0 Å². The van der Waals surface area contributed by atoms with Gasteiger partial charge in [0.25, 0.3) is 5.91 Å². The normalized spacial score (nSPS) is 23.6. The summed E-state index contributed by atoms with van der Waals surface area (Å²) in [6, 6.07) is 1.27. The number of hydrogen-bond donors (Lipinski definition) is 2. The van der Waals surface area contributed by atoms with E-state index in [4.69, 9.17) is 4.42 Å². The van der Waals surface area contributed by atoms with Gasteiger partial charge in [-0.15, -0.1) is 0 Å². The summed E-state index contributed by atoms with van der Waals surface area (Å²) in [6.07, 6.45) is 6.70. The van der Waals surface area contributed by atoms with Crippen LogP contribution < -0.4 is 5.32 Å². The van der Waals surface area contributed by atoms with Crippen molar-refractivity contribution in [3.05, 3.63) is 22.6 Å². The molecule has 0 saturated heterocycles. The molecule has 0 aromatic carbocycles. The second kappa shape index (κ2) is 6.92. The smallest absolute Gasteiger partial charge is 0.308 e. The van der Waals surface area contributed by atoms with Crippen LogP contribution >= 0.6 is 15.9 Å². The van der Waals surface area contributed by atoms with Crippen LogP contribution in [0.2, 0.25) is 0 Å². The first-order valence-electron chi connectivity index (χ1n) is 6.85. The first-order chi connectivity index (χ1) is 9.58. The Labute approximate surface area is 125 Å². The Morgan fingerprint density at radius 3 is 2.55 bits per heavy atom. The number of carboxylic acids is 1. The van der Waals surface area contributed by atoms with Crippen LogP contribution in [0, 0.1) is 5.92 Å². The van der Waals surface area contributed by atoms with E-state index in [-0.39, 0.29) is 11.9 Å². The number of hydrogen-bond acceptors (Lipinski definition) is 3. The molecule has 0 spiro atoms. The summed E-state index contributed by atoms with van der Waals surface area (Å²) in [6.45, 7) is 0. The number of rotatable bonds is 3.